The molecule has 0 rings (SSSR count). The third kappa shape index (κ3) is 15.9. The molecule has 0 aliphatic heterocycles. The minimum atomic E-state index is 0.342. The van der Waals surface area contributed by atoms with Gasteiger partial charge in [-0.25, -0.2) is 0 Å². The average molecular weight is 244 g/mol. The van der Waals surface area contributed by atoms with Crippen molar-refractivity contribution in [2.45, 2.75) is 77.6 Å². The zero-order valence-corrected chi connectivity index (χ0v) is 11.8. The summed E-state index contributed by atoms with van der Waals surface area (Å²) in [7, 11) is 0. The lowest BCUT2D eigenvalue weighted by Gasteiger charge is -2.04. The molecule has 0 spiro atoms. The summed E-state index contributed by atoms with van der Waals surface area (Å²) >= 11 is 0. The Morgan fingerprint density at radius 1 is 0.647 bits per heavy atom. The topological polar surface area (TPSA) is 29.5 Å². The molecule has 0 radical (unpaired) electrons. The summed E-state index contributed by atoms with van der Waals surface area (Å²) in [5.41, 5.74) is 0. The smallest absolute Gasteiger partial charge is 0.0466 e. The molecule has 0 aliphatic rings. The van der Waals surface area contributed by atoms with Gasteiger partial charge in [-0.05, 0) is 19.3 Å². The lowest BCUT2D eigenvalue weighted by Crippen LogP contribution is -1.97. The summed E-state index contributed by atoms with van der Waals surface area (Å²) in [4.78, 5) is 0. The van der Waals surface area contributed by atoms with Crippen molar-refractivity contribution in [3.8, 4) is 0 Å². The Bertz CT molecular complexity index is 112. The SMILES string of the molecule is CCCCCCCCOCCCCCCCO. The number of hydrogen-bond donors (Lipinski definition) is 1. The summed E-state index contributed by atoms with van der Waals surface area (Å²) in [6, 6.07) is 0. The molecule has 0 fully saturated rings. The first-order chi connectivity index (χ1) is 8.41. The highest BCUT2D eigenvalue weighted by Crippen LogP contribution is 2.06. The number of rotatable bonds is 14. The number of unbranched alkanes of at least 4 members (excludes halogenated alkanes) is 9. The molecule has 0 bridgehead atoms. The third-order valence-corrected chi connectivity index (χ3v) is 3.09. The molecule has 0 aromatic heterocycles. The van der Waals surface area contributed by atoms with Gasteiger partial charge in [0.1, 0.15) is 0 Å². The van der Waals surface area contributed by atoms with Gasteiger partial charge in [-0.3, -0.25) is 0 Å². The van der Waals surface area contributed by atoms with E-state index in [0.717, 1.165) is 26.1 Å². The molecule has 0 aromatic carbocycles. The van der Waals surface area contributed by atoms with Gasteiger partial charge in [-0.2, -0.15) is 0 Å². The normalized spacial score (nSPS) is 10.9. The summed E-state index contributed by atoms with van der Waals surface area (Å²) in [6.45, 7) is 4.47. The van der Waals surface area contributed by atoms with Crippen molar-refractivity contribution in [2.75, 3.05) is 19.8 Å². The van der Waals surface area contributed by atoms with Crippen molar-refractivity contribution in [2.24, 2.45) is 0 Å². The minimum Gasteiger partial charge on any atom is -0.396 e. The van der Waals surface area contributed by atoms with Gasteiger partial charge < -0.3 is 9.84 Å². The van der Waals surface area contributed by atoms with Crippen LogP contribution in [0.5, 0.6) is 0 Å². The predicted octanol–water partition coefficient (Wildman–Crippen LogP) is 4.31. The van der Waals surface area contributed by atoms with Crippen molar-refractivity contribution in [1.82, 2.24) is 0 Å². The van der Waals surface area contributed by atoms with E-state index < -0.39 is 0 Å². The van der Waals surface area contributed by atoms with E-state index in [1.807, 2.05) is 0 Å². The fraction of sp³-hybridized carbons (Fsp3) is 1.00. The number of ether oxygens (including phenoxy) is 1. The van der Waals surface area contributed by atoms with Crippen LogP contribution >= 0.6 is 0 Å². The highest BCUT2D eigenvalue weighted by Gasteiger charge is 1.92. The molecule has 2 nitrogen and oxygen atoms in total. The summed E-state index contributed by atoms with van der Waals surface area (Å²) in [6.07, 6.45) is 13.8. The van der Waals surface area contributed by atoms with Crippen LogP contribution in [0, 0.1) is 0 Å². The molecule has 0 aliphatic carbocycles. The second-order valence-corrected chi connectivity index (χ2v) is 4.87. The highest BCUT2D eigenvalue weighted by atomic mass is 16.5. The predicted molar refractivity (Wildman–Crippen MR) is 74.4 cm³/mol. The molecule has 17 heavy (non-hydrogen) atoms. The van der Waals surface area contributed by atoms with Gasteiger partial charge in [0, 0.05) is 19.8 Å². The maximum absolute atomic E-state index is 8.62. The first-order valence-corrected chi connectivity index (χ1v) is 7.60. The summed E-state index contributed by atoms with van der Waals surface area (Å²) in [5, 5.41) is 8.62. The van der Waals surface area contributed by atoms with Crippen LogP contribution in [0.25, 0.3) is 0 Å². The number of aliphatic hydroxyl groups is 1. The van der Waals surface area contributed by atoms with Crippen LogP contribution in [-0.4, -0.2) is 24.9 Å². The van der Waals surface area contributed by atoms with Gasteiger partial charge in [-0.1, -0.05) is 58.3 Å². The van der Waals surface area contributed by atoms with Crippen LogP contribution in [0.1, 0.15) is 77.6 Å². The van der Waals surface area contributed by atoms with Crippen LogP contribution in [0.2, 0.25) is 0 Å². The van der Waals surface area contributed by atoms with Crippen LogP contribution in [0.3, 0.4) is 0 Å². The van der Waals surface area contributed by atoms with E-state index in [0.29, 0.717) is 6.61 Å². The Labute approximate surface area is 108 Å². The Morgan fingerprint density at radius 2 is 1.12 bits per heavy atom. The quantitative estimate of drug-likeness (QED) is 0.461. The molecule has 104 valence electrons. The Balaban J connectivity index is 2.85. The van der Waals surface area contributed by atoms with E-state index >= 15 is 0 Å². The highest BCUT2D eigenvalue weighted by molar-refractivity contribution is 4.45. The monoisotopic (exact) mass is 244 g/mol. The van der Waals surface area contributed by atoms with E-state index in [1.54, 1.807) is 0 Å². The lowest BCUT2D eigenvalue weighted by atomic mass is 10.1. The van der Waals surface area contributed by atoms with Gasteiger partial charge >= 0.3 is 0 Å². The minimum absolute atomic E-state index is 0.342. The van der Waals surface area contributed by atoms with Gasteiger partial charge in [0.15, 0.2) is 0 Å². The van der Waals surface area contributed by atoms with E-state index in [9.17, 15) is 0 Å². The van der Waals surface area contributed by atoms with Gasteiger partial charge in [0.2, 0.25) is 0 Å². The van der Waals surface area contributed by atoms with Gasteiger partial charge in [0.25, 0.3) is 0 Å². The molecular weight excluding hydrogens is 212 g/mol. The van der Waals surface area contributed by atoms with E-state index in [-0.39, 0.29) is 0 Å². The average Bonchev–Trinajstić information content (AvgIpc) is 2.35. The van der Waals surface area contributed by atoms with Crippen LogP contribution < -0.4 is 0 Å². The van der Waals surface area contributed by atoms with Crippen LogP contribution in [0.4, 0.5) is 0 Å². The summed E-state index contributed by atoms with van der Waals surface area (Å²) < 4.78 is 5.60. The summed E-state index contributed by atoms with van der Waals surface area (Å²) in [5.74, 6) is 0. The van der Waals surface area contributed by atoms with E-state index in [1.165, 1.54) is 57.8 Å². The van der Waals surface area contributed by atoms with Crippen molar-refractivity contribution in [1.29, 1.82) is 0 Å². The van der Waals surface area contributed by atoms with Crippen molar-refractivity contribution < 1.29 is 9.84 Å². The lowest BCUT2D eigenvalue weighted by molar-refractivity contribution is 0.125. The molecule has 1 N–H and O–H groups in total. The molecule has 0 saturated heterocycles. The fourth-order valence-corrected chi connectivity index (χ4v) is 1.93. The van der Waals surface area contributed by atoms with Gasteiger partial charge in [0.05, 0.1) is 0 Å². The zero-order valence-electron chi connectivity index (χ0n) is 11.8. The molecule has 0 aromatic rings. The van der Waals surface area contributed by atoms with Crippen LogP contribution in [0.15, 0.2) is 0 Å². The molecule has 0 heterocycles. The second-order valence-electron chi connectivity index (χ2n) is 4.87. The maximum Gasteiger partial charge on any atom is 0.0466 e. The molecule has 0 unspecified atom stereocenters. The Morgan fingerprint density at radius 3 is 1.65 bits per heavy atom. The first-order valence-electron chi connectivity index (χ1n) is 7.60. The molecular formula is C15H32O2. The van der Waals surface area contributed by atoms with Gasteiger partial charge in [-0.15, -0.1) is 0 Å². The zero-order chi connectivity index (χ0) is 12.6. The third-order valence-electron chi connectivity index (χ3n) is 3.09. The number of hydrogen-bond acceptors (Lipinski definition) is 2. The van der Waals surface area contributed by atoms with E-state index in [2.05, 4.69) is 6.92 Å². The largest absolute Gasteiger partial charge is 0.396 e. The van der Waals surface area contributed by atoms with Crippen molar-refractivity contribution >= 4 is 0 Å². The van der Waals surface area contributed by atoms with Crippen molar-refractivity contribution in [3.05, 3.63) is 0 Å². The fourth-order valence-electron chi connectivity index (χ4n) is 1.93. The van der Waals surface area contributed by atoms with Crippen LogP contribution in [-0.2, 0) is 4.74 Å². The Hall–Kier alpha value is -0.0800. The first kappa shape index (κ1) is 16.9. The Kier molecular flexibility index (Phi) is 15.8. The molecule has 2 heteroatoms. The second kappa shape index (κ2) is 15.9. The van der Waals surface area contributed by atoms with Crippen molar-refractivity contribution in [3.63, 3.8) is 0 Å². The standard InChI is InChI=1S/C15H32O2/c1-2-3-4-5-8-11-14-17-15-12-9-6-7-10-13-16/h16H,2-15H2,1H3. The number of aliphatic hydroxyl groups excluding tert-OH is 1. The molecule has 0 atom stereocenters. The molecule has 0 amide bonds. The molecule has 0 saturated carbocycles. The van der Waals surface area contributed by atoms with E-state index in [4.69, 9.17) is 9.84 Å². The maximum atomic E-state index is 8.62.